The van der Waals surface area contributed by atoms with Gasteiger partial charge in [0.1, 0.15) is 5.25 Å². The van der Waals surface area contributed by atoms with Gasteiger partial charge in [-0.2, -0.15) is 0 Å². The van der Waals surface area contributed by atoms with E-state index in [2.05, 4.69) is 15.3 Å². The number of nitrogens with one attached hydrogen (secondary N) is 3. The predicted octanol–water partition coefficient (Wildman–Crippen LogP) is 3.22. The van der Waals surface area contributed by atoms with E-state index in [1.807, 2.05) is 31.2 Å². The van der Waals surface area contributed by atoms with Crippen molar-refractivity contribution in [2.24, 2.45) is 0 Å². The zero-order valence-electron chi connectivity index (χ0n) is 15.7. The Morgan fingerprint density at radius 3 is 2.43 bits per heavy atom. The summed E-state index contributed by atoms with van der Waals surface area (Å²) < 4.78 is 5.30. The first-order valence-electron chi connectivity index (χ1n) is 8.78. The molecular formula is C20H21N3O4S. The van der Waals surface area contributed by atoms with Crippen LogP contribution in [0.4, 0.5) is 5.69 Å². The molecule has 0 aliphatic rings. The summed E-state index contributed by atoms with van der Waals surface area (Å²) in [5, 5.41) is 2.24. The van der Waals surface area contributed by atoms with Crippen molar-refractivity contribution >= 4 is 40.4 Å². The highest BCUT2D eigenvalue weighted by Crippen LogP contribution is 2.24. The predicted molar refractivity (Wildman–Crippen MR) is 110 cm³/mol. The quantitative estimate of drug-likeness (QED) is 0.436. The summed E-state index contributed by atoms with van der Waals surface area (Å²) in [7, 11) is 0. The van der Waals surface area contributed by atoms with Crippen LogP contribution in [-0.4, -0.2) is 33.2 Å². The fourth-order valence-electron chi connectivity index (χ4n) is 2.55. The first kappa shape index (κ1) is 19.8. The molecule has 0 aliphatic carbocycles. The minimum atomic E-state index is -0.950. The van der Waals surface area contributed by atoms with E-state index in [4.69, 9.17) is 4.74 Å². The van der Waals surface area contributed by atoms with E-state index in [1.165, 1.54) is 18.7 Å². The fraction of sp³-hybridized carbons (Fsp3) is 0.250. The molecule has 146 valence electrons. The summed E-state index contributed by atoms with van der Waals surface area (Å²) in [6, 6.07) is 12.8. The lowest BCUT2D eigenvalue weighted by Crippen LogP contribution is -2.32. The maximum absolute atomic E-state index is 12.3. The summed E-state index contributed by atoms with van der Waals surface area (Å²) in [5.41, 5.74) is 2.55. The Morgan fingerprint density at radius 2 is 1.71 bits per heavy atom. The lowest BCUT2D eigenvalue weighted by Gasteiger charge is -2.16. The van der Waals surface area contributed by atoms with Crippen LogP contribution >= 0.6 is 11.8 Å². The van der Waals surface area contributed by atoms with Crippen molar-refractivity contribution in [3.8, 4) is 0 Å². The summed E-state index contributed by atoms with van der Waals surface area (Å²) in [5.74, 6) is -0.906. The molecule has 3 rings (SSSR count). The number of esters is 1. The monoisotopic (exact) mass is 399 g/mol. The van der Waals surface area contributed by atoms with Crippen LogP contribution in [0.3, 0.4) is 0 Å². The minimum Gasteiger partial charge on any atom is -0.452 e. The second-order valence-corrected chi connectivity index (χ2v) is 7.90. The number of benzene rings is 2. The van der Waals surface area contributed by atoms with Gasteiger partial charge in [-0.25, -0.2) is 4.79 Å². The van der Waals surface area contributed by atoms with Gasteiger partial charge in [-0.05, 0) is 51.1 Å². The molecular weight excluding hydrogens is 378 g/mol. The van der Waals surface area contributed by atoms with Gasteiger partial charge in [0.2, 0.25) is 0 Å². The van der Waals surface area contributed by atoms with E-state index in [-0.39, 0.29) is 5.69 Å². The number of ether oxygens (including phenoxy) is 1. The van der Waals surface area contributed by atoms with E-state index in [1.54, 1.807) is 25.1 Å². The van der Waals surface area contributed by atoms with Crippen LogP contribution in [0.2, 0.25) is 0 Å². The smallest absolute Gasteiger partial charge is 0.323 e. The number of hydrogen-bond acceptors (Lipinski definition) is 5. The molecule has 2 aromatic carbocycles. The molecule has 8 heteroatoms. The van der Waals surface area contributed by atoms with Crippen LogP contribution < -0.4 is 11.0 Å². The first-order valence-corrected chi connectivity index (χ1v) is 9.66. The standard InChI is InChI=1S/C20H21N3O4S/c1-11-4-7-15(8-5-11)28-13(3)19(25)27-12(2)18(24)21-14-6-9-16-17(10-14)23-20(26)22-16/h4-10,12-13H,1-3H3,(H,21,24)(H2,22,23,26)/t12-,13+/m0/s1. The molecule has 1 heterocycles. The Bertz CT molecular complexity index is 1060. The second-order valence-electron chi connectivity index (χ2n) is 6.48. The highest BCUT2D eigenvalue weighted by atomic mass is 32.2. The molecule has 0 radical (unpaired) electrons. The van der Waals surface area contributed by atoms with Crippen molar-refractivity contribution in [1.82, 2.24) is 9.97 Å². The zero-order valence-corrected chi connectivity index (χ0v) is 16.6. The number of aryl methyl sites for hydroxylation is 1. The average molecular weight is 399 g/mol. The van der Waals surface area contributed by atoms with Gasteiger partial charge in [-0.15, -0.1) is 11.8 Å². The molecule has 2 atom stereocenters. The maximum Gasteiger partial charge on any atom is 0.323 e. The second kappa shape index (κ2) is 8.35. The molecule has 1 amide bonds. The maximum atomic E-state index is 12.3. The lowest BCUT2D eigenvalue weighted by molar-refractivity contribution is -0.152. The third-order valence-electron chi connectivity index (χ3n) is 4.11. The normalized spacial score (nSPS) is 13.1. The van der Waals surface area contributed by atoms with Crippen molar-refractivity contribution < 1.29 is 14.3 Å². The zero-order chi connectivity index (χ0) is 20.3. The van der Waals surface area contributed by atoms with Gasteiger partial charge in [0.15, 0.2) is 6.10 Å². The Hall–Kier alpha value is -3.00. The van der Waals surface area contributed by atoms with Gasteiger partial charge in [-0.1, -0.05) is 17.7 Å². The summed E-state index contributed by atoms with van der Waals surface area (Å²) in [6.45, 7) is 5.26. The highest BCUT2D eigenvalue weighted by Gasteiger charge is 2.23. The van der Waals surface area contributed by atoms with Crippen LogP contribution in [0, 0.1) is 6.92 Å². The number of amides is 1. The van der Waals surface area contributed by atoms with E-state index in [0.717, 1.165) is 10.5 Å². The Labute approximate surface area is 165 Å². The number of H-pyrrole nitrogens is 2. The number of hydrogen-bond donors (Lipinski definition) is 3. The summed E-state index contributed by atoms with van der Waals surface area (Å²) in [4.78, 5) is 42.1. The molecule has 0 fully saturated rings. The van der Waals surface area contributed by atoms with Gasteiger partial charge in [0.05, 0.1) is 11.0 Å². The molecule has 0 saturated heterocycles. The number of fused-ring (bicyclic) bond motifs is 1. The van der Waals surface area contributed by atoms with Crippen LogP contribution in [0.25, 0.3) is 11.0 Å². The van der Waals surface area contributed by atoms with Crippen LogP contribution in [0.15, 0.2) is 52.2 Å². The van der Waals surface area contributed by atoms with Crippen molar-refractivity contribution in [2.75, 3.05) is 5.32 Å². The number of aromatic amines is 2. The van der Waals surface area contributed by atoms with Crippen molar-refractivity contribution in [2.45, 2.75) is 37.0 Å². The molecule has 0 spiro atoms. The molecule has 28 heavy (non-hydrogen) atoms. The molecule has 3 aromatic rings. The average Bonchev–Trinajstić information content (AvgIpc) is 3.02. The van der Waals surface area contributed by atoms with Crippen LogP contribution in [-0.2, 0) is 14.3 Å². The van der Waals surface area contributed by atoms with Gasteiger partial charge < -0.3 is 20.0 Å². The third-order valence-corrected chi connectivity index (χ3v) is 5.20. The van der Waals surface area contributed by atoms with Crippen molar-refractivity contribution in [3.63, 3.8) is 0 Å². The summed E-state index contributed by atoms with van der Waals surface area (Å²) in [6.07, 6.45) is -0.950. The van der Waals surface area contributed by atoms with Crippen molar-refractivity contribution in [1.29, 1.82) is 0 Å². The van der Waals surface area contributed by atoms with E-state index in [9.17, 15) is 14.4 Å². The number of thioether (sulfide) groups is 1. The Balaban J connectivity index is 1.56. The van der Waals surface area contributed by atoms with Gasteiger partial charge in [0, 0.05) is 10.6 Å². The molecule has 0 saturated carbocycles. The van der Waals surface area contributed by atoms with E-state index in [0.29, 0.717) is 16.7 Å². The Kier molecular flexibility index (Phi) is 5.89. The van der Waals surface area contributed by atoms with Gasteiger partial charge >= 0.3 is 11.7 Å². The number of aromatic nitrogens is 2. The highest BCUT2D eigenvalue weighted by molar-refractivity contribution is 8.00. The third kappa shape index (κ3) is 4.83. The van der Waals surface area contributed by atoms with Crippen molar-refractivity contribution in [3.05, 3.63) is 58.5 Å². The molecule has 3 N–H and O–H groups in total. The number of imidazole rings is 1. The summed E-state index contributed by atoms with van der Waals surface area (Å²) >= 11 is 1.38. The number of rotatable bonds is 6. The number of carbonyl (C=O) groups excluding carboxylic acids is 2. The number of carbonyl (C=O) groups is 2. The van der Waals surface area contributed by atoms with Crippen LogP contribution in [0.1, 0.15) is 19.4 Å². The topological polar surface area (TPSA) is 104 Å². The van der Waals surface area contributed by atoms with E-state index >= 15 is 0 Å². The largest absolute Gasteiger partial charge is 0.452 e. The van der Waals surface area contributed by atoms with Crippen LogP contribution in [0.5, 0.6) is 0 Å². The molecule has 0 unspecified atom stereocenters. The molecule has 7 nitrogen and oxygen atoms in total. The lowest BCUT2D eigenvalue weighted by atomic mass is 10.2. The number of anilines is 1. The SMILES string of the molecule is Cc1ccc(S[C@H](C)C(=O)O[C@@H](C)C(=O)Nc2ccc3[nH]c(=O)[nH]c3c2)cc1. The molecule has 1 aromatic heterocycles. The van der Waals surface area contributed by atoms with E-state index < -0.39 is 23.2 Å². The minimum absolute atomic E-state index is 0.319. The van der Waals surface area contributed by atoms with Gasteiger partial charge in [0.25, 0.3) is 5.91 Å². The first-order chi connectivity index (χ1) is 13.3. The fourth-order valence-corrected chi connectivity index (χ4v) is 3.40. The van der Waals surface area contributed by atoms with Gasteiger partial charge in [-0.3, -0.25) is 9.59 Å². The molecule has 0 aliphatic heterocycles. The Morgan fingerprint density at radius 1 is 1.04 bits per heavy atom. The molecule has 0 bridgehead atoms.